The Labute approximate surface area is 177 Å². The van der Waals surface area contributed by atoms with Gasteiger partial charge in [0.15, 0.2) is 5.96 Å². The summed E-state index contributed by atoms with van der Waals surface area (Å²) in [5, 5.41) is 9.09. The zero-order valence-corrected chi connectivity index (χ0v) is 17.6. The molecule has 2 aromatic carbocycles. The maximum atomic E-state index is 12.2. The normalized spacial score (nSPS) is 11.7. The van der Waals surface area contributed by atoms with E-state index in [1.807, 2.05) is 38.1 Å². The van der Waals surface area contributed by atoms with E-state index in [2.05, 4.69) is 26.9 Å². The van der Waals surface area contributed by atoms with Crippen LogP contribution in [-0.4, -0.2) is 44.7 Å². The minimum absolute atomic E-state index is 0.0270. The van der Waals surface area contributed by atoms with Crippen molar-refractivity contribution >= 4 is 17.6 Å². The number of nitrogens with one attached hydrogen (secondary N) is 3. The molecule has 0 heterocycles. The number of methoxy groups -OCH3 is 1. The van der Waals surface area contributed by atoms with Gasteiger partial charge in [-0.3, -0.25) is 4.79 Å². The highest BCUT2D eigenvalue weighted by Crippen LogP contribution is 2.19. The first-order valence-corrected chi connectivity index (χ1v) is 9.73. The van der Waals surface area contributed by atoms with E-state index < -0.39 is 0 Å². The molecule has 1 atom stereocenters. The Hall–Kier alpha value is -3.66. The van der Waals surface area contributed by atoms with Crippen molar-refractivity contribution in [3.8, 4) is 23.8 Å². The molecule has 0 aromatic heterocycles. The van der Waals surface area contributed by atoms with Gasteiger partial charge in [0.25, 0.3) is 0 Å². The van der Waals surface area contributed by atoms with Gasteiger partial charge in [-0.25, -0.2) is 4.99 Å². The molecule has 30 heavy (non-hydrogen) atoms. The molecule has 0 aliphatic heterocycles. The van der Waals surface area contributed by atoms with Crippen molar-refractivity contribution in [3.63, 3.8) is 0 Å². The fourth-order valence-corrected chi connectivity index (χ4v) is 2.57. The number of anilines is 1. The Balaban J connectivity index is 1.86. The lowest BCUT2D eigenvalue weighted by Crippen LogP contribution is -2.42. The number of benzene rings is 2. The van der Waals surface area contributed by atoms with E-state index in [-0.39, 0.29) is 18.6 Å². The number of amides is 1. The van der Waals surface area contributed by atoms with E-state index >= 15 is 0 Å². The third-order valence-corrected chi connectivity index (χ3v) is 3.97. The van der Waals surface area contributed by atoms with Gasteiger partial charge in [-0.2, -0.15) is 0 Å². The van der Waals surface area contributed by atoms with Crippen LogP contribution in [0.5, 0.6) is 11.5 Å². The minimum Gasteiger partial charge on any atom is -0.497 e. The summed E-state index contributed by atoms with van der Waals surface area (Å²) in [4.78, 5) is 16.5. The molecule has 7 nitrogen and oxygen atoms in total. The Morgan fingerprint density at radius 2 is 1.93 bits per heavy atom. The van der Waals surface area contributed by atoms with Gasteiger partial charge in [-0.05, 0) is 44.2 Å². The molecule has 2 aromatic rings. The van der Waals surface area contributed by atoms with Crippen LogP contribution in [0.4, 0.5) is 5.69 Å². The number of carbonyl (C=O) groups is 1. The van der Waals surface area contributed by atoms with Crippen LogP contribution in [0.25, 0.3) is 0 Å². The fraction of sp³-hybridized carbons (Fsp3) is 0.304. The van der Waals surface area contributed by atoms with Gasteiger partial charge in [-0.1, -0.05) is 18.1 Å². The van der Waals surface area contributed by atoms with E-state index in [9.17, 15) is 4.79 Å². The zero-order valence-electron chi connectivity index (χ0n) is 17.6. The van der Waals surface area contributed by atoms with E-state index in [0.29, 0.717) is 30.3 Å². The molecule has 1 amide bonds. The van der Waals surface area contributed by atoms with E-state index in [4.69, 9.17) is 15.9 Å². The quantitative estimate of drug-likeness (QED) is 0.338. The first kappa shape index (κ1) is 22.6. The SMILES string of the molecule is C#Cc1cccc(NC(=O)CN=C(NCC)NCC(C)Oc2cccc(OC)c2)c1. The third kappa shape index (κ3) is 7.76. The van der Waals surface area contributed by atoms with Crippen molar-refractivity contribution in [2.75, 3.05) is 32.1 Å². The van der Waals surface area contributed by atoms with Gasteiger partial charge in [0.05, 0.1) is 13.7 Å². The summed E-state index contributed by atoms with van der Waals surface area (Å²) in [6, 6.07) is 14.6. The second-order valence-electron chi connectivity index (χ2n) is 6.46. The zero-order chi connectivity index (χ0) is 21.8. The van der Waals surface area contributed by atoms with Gasteiger partial charge in [-0.15, -0.1) is 6.42 Å². The molecule has 0 radical (unpaired) electrons. The fourth-order valence-electron chi connectivity index (χ4n) is 2.57. The largest absolute Gasteiger partial charge is 0.497 e. The molecule has 2 rings (SSSR count). The van der Waals surface area contributed by atoms with E-state index in [0.717, 1.165) is 11.5 Å². The number of terminal acetylenes is 1. The summed E-state index contributed by atoms with van der Waals surface area (Å²) in [6.07, 6.45) is 5.26. The van der Waals surface area contributed by atoms with Crippen LogP contribution in [0.15, 0.2) is 53.5 Å². The number of guanidine groups is 1. The first-order chi connectivity index (χ1) is 14.5. The summed E-state index contributed by atoms with van der Waals surface area (Å²) in [5.41, 5.74) is 1.35. The van der Waals surface area contributed by atoms with Gasteiger partial charge >= 0.3 is 0 Å². The van der Waals surface area contributed by atoms with Crippen LogP contribution in [0, 0.1) is 12.3 Å². The summed E-state index contributed by atoms with van der Waals surface area (Å²) >= 11 is 0. The van der Waals surface area contributed by atoms with Crippen LogP contribution in [0.2, 0.25) is 0 Å². The van der Waals surface area contributed by atoms with Gasteiger partial charge in [0.1, 0.15) is 24.1 Å². The molecule has 0 aliphatic rings. The summed E-state index contributed by atoms with van der Waals surface area (Å²) in [7, 11) is 1.62. The van der Waals surface area contributed by atoms with Crippen LogP contribution in [-0.2, 0) is 4.79 Å². The third-order valence-electron chi connectivity index (χ3n) is 3.97. The first-order valence-electron chi connectivity index (χ1n) is 9.73. The van der Waals surface area contributed by atoms with Crippen LogP contribution >= 0.6 is 0 Å². The predicted octanol–water partition coefficient (Wildman–Crippen LogP) is 2.64. The number of aliphatic imine (C=N–C) groups is 1. The Kier molecular flexibility index (Phi) is 9.07. The van der Waals surface area contributed by atoms with Crippen molar-refractivity contribution in [1.29, 1.82) is 0 Å². The summed E-state index contributed by atoms with van der Waals surface area (Å²) in [5.74, 6) is 4.30. The molecule has 0 fully saturated rings. The maximum absolute atomic E-state index is 12.2. The number of hydrogen-bond acceptors (Lipinski definition) is 4. The van der Waals surface area contributed by atoms with Crippen molar-refractivity contribution in [2.24, 2.45) is 4.99 Å². The highest BCUT2D eigenvalue weighted by atomic mass is 16.5. The van der Waals surface area contributed by atoms with Crippen molar-refractivity contribution in [2.45, 2.75) is 20.0 Å². The van der Waals surface area contributed by atoms with Gasteiger partial charge < -0.3 is 25.4 Å². The topological polar surface area (TPSA) is 84.0 Å². The Morgan fingerprint density at radius 3 is 2.67 bits per heavy atom. The molecule has 0 bridgehead atoms. The number of hydrogen-bond donors (Lipinski definition) is 3. The average Bonchev–Trinajstić information content (AvgIpc) is 2.76. The molecular formula is C23H28N4O3. The van der Waals surface area contributed by atoms with E-state index in [1.54, 1.807) is 31.4 Å². The lowest BCUT2D eigenvalue weighted by Gasteiger charge is -2.18. The number of nitrogens with zero attached hydrogens (tertiary/aromatic N) is 1. The van der Waals surface area contributed by atoms with Crippen LogP contribution in [0.1, 0.15) is 19.4 Å². The molecule has 0 spiro atoms. The summed E-state index contributed by atoms with van der Waals surface area (Å²) in [6.45, 7) is 5.05. The number of rotatable bonds is 9. The maximum Gasteiger partial charge on any atom is 0.246 e. The molecule has 0 aliphatic carbocycles. The summed E-state index contributed by atoms with van der Waals surface area (Å²) < 4.78 is 11.1. The van der Waals surface area contributed by atoms with Gasteiger partial charge in [0.2, 0.25) is 5.91 Å². The molecule has 0 saturated carbocycles. The van der Waals surface area contributed by atoms with E-state index in [1.165, 1.54) is 0 Å². The standard InChI is InChI=1S/C23H28N4O3/c1-5-18-9-7-10-19(13-18)27-22(28)16-26-23(24-6-2)25-15-17(3)30-21-12-8-11-20(14-21)29-4/h1,7-14,17H,6,15-16H2,2-4H3,(H,27,28)(H2,24,25,26). The Morgan fingerprint density at radius 1 is 1.17 bits per heavy atom. The average molecular weight is 409 g/mol. The molecular weight excluding hydrogens is 380 g/mol. The minimum atomic E-state index is -0.234. The second-order valence-corrected chi connectivity index (χ2v) is 6.46. The van der Waals surface area contributed by atoms with Crippen LogP contribution < -0.4 is 25.4 Å². The number of ether oxygens (including phenoxy) is 2. The highest BCUT2D eigenvalue weighted by molar-refractivity contribution is 5.94. The predicted molar refractivity (Wildman–Crippen MR) is 120 cm³/mol. The van der Waals surface area contributed by atoms with Crippen LogP contribution in [0.3, 0.4) is 0 Å². The highest BCUT2D eigenvalue weighted by Gasteiger charge is 2.08. The molecule has 1 unspecified atom stereocenters. The molecule has 0 saturated heterocycles. The molecule has 3 N–H and O–H groups in total. The monoisotopic (exact) mass is 408 g/mol. The smallest absolute Gasteiger partial charge is 0.246 e. The van der Waals surface area contributed by atoms with Crippen molar-refractivity contribution < 1.29 is 14.3 Å². The second kappa shape index (κ2) is 12.0. The lowest BCUT2D eigenvalue weighted by atomic mass is 10.2. The number of carbonyl (C=O) groups excluding carboxylic acids is 1. The molecule has 7 heteroatoms. The lowest BCUT2D eigenvalue weighted by molar-refractivity contribution is -0.114. The Bertz CT molecular complexity index is 905. The molecule has 158 valence electrons. The van der Waals surface area contributed by atoms with Crippen molar-refractivity contribution in [1.82, 2.24) is 10.6 Å². The van der Waals surface area contributed by atoms with Gasteiger partial charge in [0, 0.05) is 23.9 Å². The van der Waals surface area contributed by atoms with Crippen molar-refractivity contribution in [3.05, 3.63) is 54.1 Å².